The van der Waals surface area contributed by atoms with E-state index >= 15 is 0 Å². The lowest BCUT2D eigenvalue weighted by molar-refractivity contribution is 0.414. The van der Waals surface area contributed by atoms with Crippen molar-refractivity contribution in [1.29, 1.82) is 0 Å². The Hall–Kier alpha value is -4.75. The van der Waals surface area contributed by atoms with E-state index in [9.17, 15) is 4.79 Å². The fourth-order valence-electron chi connectivity index (χ4n) is 4.90. The van der Waals surface area contributed by atoms with E-state index < -0.39 is 0 Å². The molecule has 0 aliphatic heterocycles. The van der Waals surface area contributed by atoms with E-state index in [4.69, 9.17) is 15.6 Å². The van der Waals surface area contributed by atoms with Crippen LogP contribution in [0.5, 0.6) is 5.75 Å². The van der Waals surface area contributed by atoms with E-state index in [1.165, 1.54) is 4.52 Å². The minimum absolute atomic E-state index is 0.179. The highest BCUT2D eigenvalue weighted by atomic mass is 32.2. The molecule has 0 aliphatic rings. The van der Waals surface area contributed by atoms with Crippen molar-refractivity contribution in [3.8, 4) is 39.3 Å². The first-order chi connectivity index (χ1) is 19.5. The number of ether oxygens (including phenoxy) is 1. The lowest BCUT2D eigenvalue weighted by Gasteiger charge is -2.11. The van der Waals surface area contributed by atoms with E-state index in [1.807, 2.05) is 110 Å². The first-order valence-corrected chi connectivity index (χ1v) is 13.9. The number of anilines is 1. The largest absolute Gasteiger partial charge is 0.497 e. The van der Waals surface area contributed by atoms with Gasteiger partial charge in [0.1, 0.15) is 17.1 Å². The van der Waals surface area contributed by atoms with Gasteiger partial charge >= 0.3 is 0 Å². The van der Waals surface area contributed by atoms with Gasteiger partial charge in [-0.1, -0.05) is 78.9 Å². The molecule has 0 saturated carbocycles. The molecule has 0 saturated heterocycles. The number of nitrogen functional groups attached to an aromatic ring is 1. The number of rotatable bonds is 7. The highest BCUT2D eigenvalue weighted by Crippen LogP contribution is 2.36. The average Bonchev–Trinajstić information content (AvgIpc) is 3.38. The molecule has 0 radical (unpaired) electrons. The number of methoxy groups -OCH3 is 1. The molecule has 0 spiro atoms. The van der Waals surface area contributed by atoms with Crippen molar-refractivity contribution >= 4 is 23.1 Å². The third kappa shape index (κ3) is 4.76. The zero-order chi connectivity index (χ0) is 27.6. The van der Waals surface area contributed by atoms with Gasteiger partial charge in [0.2, 0.25) is 0 Å². The summed E-state index contributed by atoms with van der Waals surface area (Å²) in [5.41, 5.74) is 14.4. The van der Waals surface area contributed by atoms with Gasteiger partial charge in [-0.15, -0.1) is 11.8 Å². The Morgan fingerprint density at radius 1 is 0.850 bits per heavy atom. The molecule has 0 unspecified atom stereocenters. The smallest absolute Gasteiger partial charge is 0.282 e. The molecule has 0 amide bonds. The van der Waals surface area contributed by atoms with Crippen LogP contribution in [0.1, 0.15) is 11.3 Å². The van der Waals surface area contributed by atoms with Gasteiger partial charge in [-0.25, -0.2) is 0 Å². The second-order valence-corrected chi connectivity index (χ2v) is 10.6. The van der Waals surface area contributed by atoms with Crippen molar-refractivity contribution in [1.82, 2.24) is 14.6 Å². The molecule has 0 bridgehead atoms. The third-order valence-electron chi connectivity index (χ3n) is 6.94. The summed E-state index contributed by atoms with van der Waals surface area (Å²) in [6, 6.07) is 33.7. The van der Waals surface area contributed by atoms with Gasteiger partial charge in [-0.3, -0.25) is 4.79 Å². The van der Waals surface area contributed by atoms with Crippen LogP contribution in [-0.4, -0.2) is 21.7 Å². The molecule has 198 valence electrons. The SMILES string of the molecule is COc1ccc(CSc2cc(-c3c(C)[nH]c4c(-c5ccccc5)c(-c5ccccc5)nn4c3=O)ccc2N)cc1. The maximum Gasteiger partial charge on any atom is 0.282 e. The Balaban J connectivity index is 1.45. The minimum Gasteiger partial charge on any atom is -0.497 e. The van der Waals surface area contributed by atoms with Crippen molar-refractivity contribution in [3.63, 3.8) is 0 Å². The topological polar surface area (TPSA) is 85.4 Å². The van der Waals surface area contributed by atoms with Gasteiger partial charge in [0.15, 0.2) is 0 Å². The fraction of sp³-hybridized carbons (Fsp3) is 0.0909. The summed E-state index contributed by atoms with van der Waals surface area (Å²) < 4.78 is 6.75. The van der Waals surface area contributed by atoms with E-state index in [2.05, 4.69) is 4.98 Å². The summed E-state index contributed by atoms with van der Waals surface area (Å²) in [6.45, 7) is 1.93. The van der Waals surface area contributed by atoms with E-state index in [-0.39, 0.29) is 5.56 Å². The van der Waals surface area contributed by atoms with Crippen LogP contribution in [-0.2, 0) is 5.75 Å². The summed E-state index contributed by atoms with van der Waals surface area (Å²) in [5.74, 6) is 1.57. The van der Waals surface area contributed by atoms with Crippen LogP contribution < -0.4 is 16.0 Å². The first-order valence-electron chi connectivity index (χ1n) is 13.0. The van der Waals surface area contributed by atoms with Crippen LogP contribution in [0.3, 0.4) is 0 Å². The van der Waals surface area contributed by atoms with Crippen molar-refractivity contribution in [2.75, 3.05) is 12.8 Å². The van der Waals surface area contributed by atoms with Crippen LogP contribution in [0.4, 0.5) is 5.69 Å². The zero-order valence-corrected chi connectivity index (χ0v) is 23.0. The molecular weight excluding hydrogens is 516 g/mol. The second-order valence-electron chi connectivity index (χ2n) is 9.54. The quantitative estimate of drug-likeness (QED) is 0.164. The monoisotopic (exact) mass is 544 g/mol. The van der Waals surface area contributed by atoms with Gasteiger partial charge < -0.3 is 15.5 Å². The molecule has 0 fully saturated rings. The van der Waals surface area contributed by atoms with Gasteiger partial charge in [-0.2, -0.15) is 9.61 Å². The average molecular weight is 545 g/mol. The summed E-state index contributed by atoms with van der Waals surface area (Å²) in [6.07, 6.45) is 0. The number of aromatic nitrogens is 3. The number of nitrogens with one attached hydrogen (secondary N) is 1. The molecule has 4 aromatic carbocycles. The predicted octanol–water partition coefficient (Wildman–Crippen LogP) is 7.22. The van der Waals surface area contributed by atoms with Gasteiger partial charge in [0, 0.05) is 27.6 Å². The third-order valence-corrected chi connectivity index (χ3v) is 8.08. The Bertz CT molecular complexity index is 1860. The van der Waals surface area contributed by atoms with Crippen LogP contribution >= 0.6 is 11.8 Å². The molecule has 2 heterocycles. The van der Waals surface area contributed by atoms with E-state index in [0.29, 0.717) is 16.9 Å². The molecule has 40 heavy (non-hydrogen) atoms. The van der Waals surface area contributed by atoms with Crippen LogP contribution in [0.15, 0.2) is 113 Å². The number of fused-ring (bicyclic) bond motifs is 1. The number of hydrogen-bond donors (Lipinski definition) is 2. The molecule has 6 nitrogen and oxygen atoms in total. The molecule has 0 aliphatic carbocycles. The predicted molar refractivity (Wildman–Crippen MR) is 164 cm³/mol. The molecule has 7 heteroatoms. The van der Waals surface area contributed by atoms with Crippen LogP contribution in [0.2, 0.25) is 0 Å². The number of nitrogens with zero attached hydrogens (tertiary/aromatic N) is 2. The number of H-pyrrole nitrogens is 1. The second kappa shape index (κ2) is 10.8. The Kier molecular flexibility index (Phi) is 6.88. The number of aryl methyl sites for hydroxylation is 1. The summed E-state index contributed by atoms with van der Waals surface area (Å²) in [4.78, 5) is 18.5. The Morgan fingerprint density at radius 2 is 1.52 bits per heavy atom. The zero-order valence-electron chi connectivity index (χ0n) is 22.2. The van der Waals surface area contributed by atoms with Crippen molar-refractivity contribution < 1.29 is 4.74 Å². The molecule has 6 aromatic rings. The van der Waals surface area contributed by atoms with Gasteiger partial charge in [0.25, 0.3) is 5.56 Å². The van der Waals surface area contributed by atoms with Gasteiger partial charge in [0.05, 0.1) is 18.2 Å². The summed E-state index contributed by atoms with van der Waals surface area (Å²) in [7, 11) is 1.66. The highest BCUT2D eigenvalue weighted by molar-refractivity contribution is 7.98. The first kappa shape index (κ1) is 25.5. The summed E-state index contributed by atoms with van der Waals surface area (Å²) >= 11 is 1.64. The van der Waals surface area contributed by atoms with Crippen molar-refractivity contribution in [3.05, 3.63) is 125 Å². The fourth-order valence-corrected chi connectivity index (χ4v) is 5.86. The lowest BCUT2D eigenvalue weighted by atomic mass is 10.0. The normalized spacial score (nSPS) is 11.2. The Morgan fingerprint density at radius 3 is 2.20 bits per heavy atom. The minimum atomic E-state index is -0.179. The van der Waals surface area contributed by atoms with Crippen molar-refractivity contribution in [2.45, 2.75) is 17.6 Å². The Labute approximate surface area is 236 Å². The maximum atomic E-state index is 14.0. The molecule has 3 N–H and O–H groups in total. The van der Waals surface area contributed by atoms with Crippen molar-refractivity contribution in [2.24, 2.45) is 0 Å². The number of aromatic amines is 1. The molecule has 0 atom stereocenters. The number of hydrogen-bond acceptors (Lipinski definition) is 5. The number of benzene rings is 4. The van der Waals surface area contributed by atoms with E-state index in [0.717, 1.165) is 55.6 Å². The standard InChI is InChI=1S/C33H28N4O2S/c1-21-29(25-15-18-27(34)28(19-25)40-20-22-13-16-26(39-2)17-14-22)33(38)37-32(35-21)30(23-9-5-3-6-10-23)31(36-37)24-11-7-4-8-12-24/h3-19,35H,20,34H2,1-2H3. The maximum absolute atomic E-state index is 14.0. The van der Waals surface area contributed by atoms with Gasteiger partial charge in [-0.05, 0) is 47.9 Å². The lowest BCUT2D eigenvalue weighted by Crippen LogP contribution is -2.19. The number of nitrogens with two attached hydrogens (primary N) is 1. The highest BCUT2D eigenvalue weighted by Gasteiger charge is 2.21. The number of thioether (sulfide) groups is 1. The van der Waals surface area contributed by atoms with Crippen LogP contribution in [0, 0.1) is 6.92 Å². The molecule has 6 rings (SSSR count). The molecule has 2 aromatic heterocycles. The van der Waals surface area contributed by atoms with E-state index in [1.54, 1.807) is 18.9 Å². The van der Waals surface area contributed by atoms with Crippen LogP contribution in [0.25, 0.3) is 39.2 Å². The molecular formula is C33H28N4O2S. The summed E-state index contributed by atoms with van der Waals surface area (Å²) in [5, 5.41) is 4.85.